The molecule has 0 aliphatic carbocycles. The third-order valence-electron chi connectivity index (χ3n) is 2.99. The van der Waals surface area contributed by atoms with Gasteiger partial charge in [-0.3, -0.25) is 0 Å². The van der Waals surface area contributed by atoms with Crippen LogP contribution in [-0.2, 0) is 6.54 Å². The van der Waals surface area contributed by atoms with E-state index in [-0.39, 0.29) is 17.6 Å². The lowest BCUT2D eigenvalue weighted by Crippen LogP contribution is -2.29. The average molecular weight is 269 g/mol. The molecular weight excluding hydrogens is 249 g/mol. The molecule has 0 amide bonds. The van der Waals surface area contributed by atoms with Gasteiger partial charge in [-0.25, -0.2) is 9.18 Å². The van der Waals surface area contributed by atoms with Crippen LogP contribution in [0.2, 0.25) is 0 Å². The van der Waals surface area contributed by atoms with Gasteiger partial charge in [0.15, 0.2) is 0 Å². The normalized spacial score (nSPS) is 11.6. The minimum atomic E-state index is -1.26. The van der Waals surface area contributed by atoms with E-state index < -0.39 is 11.8 Å². The van der Waals surface area contributed by atoms with Gasteiger partial charge in [-0.2, -0.15) is 0 Å². The minimum absolute atomic E-state index is 0.0334. The maximum absolute atomic E-state index is 13.4. The Bertz CT molecular complexity index is 446. The second-order valence-corrected chi connectivity index (χ2v) is 5.36. The topological polar surface area (TPSA) is 69.6 Å². The highest BCUT2D eigenvalue weighted by molar-refractivity contribution is 5.87. The molecule has 19 heavy (non-hydrogen) atoms. The number of aromatic carboxylic acids is 1. The third kappa shape index (κ3) is 4.96. The van der Waals surface area contributed by atoms with Crippen molar-refractivity contribution < 1.29 is 19.4 Å². The monoisotopic (exact) mass is 269 g/mol. The van der Waals surface area contributed by atoms with Crippen LogP contribution < -0.4 is 5.32 Å². The second kappa shape index (κ2) is 6.63. The van der Waals surface area contributed by atoms with Gasteiger partial charge in [-0.15, -0.1) is 0 Å². The molecule has 0 spiro atoms. The zero-order valence-electron chi connectivity index (χ0n) is 11.2. The largest absolute Gasteiger partial charge is 0.478 e. The number of hydrogen-bond donors (Lipinski definition) is 3. The van der Waals surface area contributed by atoms with E-state index in [1.54, 1.807) is 6.07 Å². The standard InChI is InChI=1S/C14H20FNO3/c1-14(2,5-6-17)9-16-8-10-3-4-11(13(18)19)12(15)7-10/h3-4,7,16-17H,5-6,8-9H2,1-2H3,(H,18,19). The Morgan fingerprint density at radius 1 is 1.42 bits per heavy atom. The number of hydrogen-bond acceptors (Lipinski definition) is 3. The molecule has 0 aromatic heterocycles. The highest BCUT2D eigenvalue weighted by Gasteiger charge is 2.16. The second-order valence-electron chi connectivity index (χ2n) is 5.36. The van der Waals surface area contributed by atoms with Crippen LogP contribution in [0.15, 0.2) is 18.2 Å². The number of carbonyl (C=O) groups is 1. The Balaban J connectivity index is 2.55. The van der Waals surface area contributed by atoms with Crippen LogP contribution >= 0.6 is 0 Å². The molecule has 0 heterocycles. The number of benzene rings is 1. The summed E-state index contributed by atoms with van der Waals surface area (Å²) >= 11 is 0. The lowest BCUT2D eigenvalue weighted by Gasteiger charge is -2.24. The van der Waals surface area contributed by atoms with Crippen LogP contribution in [0.3, 0.4) is 0 Å². The molecule has 0 unspecified atom stereocenters. The minimum Gasteiger partial charge on any atom is -0.478 e. The van der Waals surface area contributed by atoms with Gasteiger partial charge in [-0.05, 0) is 29.5 Å². The van der Waals surface area contributed by atoms with Gasteiger partial charge in [-0.1, -0.05) is 19.9 Å². The smallest absolute Gasteiger partial charge is 0.338 e. The first-order valence-corrected chi connectivity index (χ1v) is 6.19. The maximum atomic E-state index is 13.4. The van der Waals surface area contributed by atoms with Crippen molar-refractivity contribution in [2.24, 2.45) is 5.41 Å². The molecule has 0 saturated carbocycles. The number of halogens is 1. The van der Waals surface area contributed by atoms with Crippen LogP contribution in [0.25, 0.3) is 0 Å². The molecule has 0 aliphatic rings. The van der Waals surface area contributed by atoms with E-state index in [2.05, 4.69) is 5.32 Å². The number of nitrogens with one attached hydrogen (secondary N) is 1. The molecule has 3 N–H and O–H groups in total. The van der Waals surface area contributed by atoms with Crippen molar-refractivity contribution in [2.45, 2.75) is 26.8 Å². The first-order valence-electron chi connectivity index (χ1n) is 6.19. The SMILES string of the molecule is CC(C)(CCO)CNCc1ccc(C(=O)O)c(F)c1. The Hall–Kier alpha value is -1.46. The van der Waals surface area contributed by atoms with Crippen molar-refractivity contribution in [3.05, 3.63) is 35.1 Å². The summed E-state index contributed by atoms with van der Waals surface area (Å²) in [5.74, 6) is -1.98. The van der Waals surface area contributed by atoms with E-state index in [9.17, 15) is 9.18 Å². The fourth-order valence-electron chi connectivity index (χ4n) is 1.78. The molecule has 1 aromatic rings. The van der Waals surface area contributed by atoms with Gasteiger partial charge in [0.1, 0.15) is 5.82 Å². The van der Waals surface area contributed by atoms with E-state index in [1.165, 1.54) is 12.1 Å². The average Bonchev–Trinajstić information content (AvgIpc) is 2.28. The molecule has 1 rings (SSSR count). The van der Waals surface area contributed by atoms with E-state index in [0.717, 1.165) is 0 Å². The molecule has 0 saturated heterocycles. The van der Waals surface area contributed by atoms with Gasteiger partial charge in [0, 0.05) is 19.7 Å². The predicted octanol–water partition coefficient (Wildman–Crippen LogP) is 2.02. The van der Waals surface area contributed by atoms with Crippen molar-refractivity contribution in [1.82, 2.24) is 5.32 Å². The van der Waals surface area contributed by atoms with Crippen LogP contribution in [0, 0.1) is 11.2 Å². The van der Waals surface area contributed by atoms with Crippen molar-refractivity contribution >= 4 is 5.97 Å². The summed E-state index contributed by atoms with van der Waals surface area (Å²) in [6, 6.07) is 4.10. The molecule has 0 atom stereocenters. The van der Waals surface area contributed by atoms with Gasteiger partial charge < -0.3 is 15.5 Å². The van der Waals surface area contributed by atoms with Crippen LogP contribution in [0.1, 0.15) is 36.2 Å². The Labute approximate surface area is 112 Å². The summed E-state index contributed by atoms with van der Waals surface area (Å²) in [4.78, 5) is 10.7. The van der Waals surface area contributed by atoms with E-state index in [4.69, 9.17) is 10.2 Å². The van der Waals surface area contributed by atoms with Crippen molar-refractivity contribution in [3.63, 3.8) is 0 Å². The zero-order chi connectivity index (χ0) is 14.5. The summed E-state index contributed by atoms with van der Waals surface area (Å²) in [7, 11) is 0. The lowest BCUT2D eigenvalue weighted by molar-refractivity contribution is 0.0692. The molecule has 106 valence electrons. The molecule has 4 nitrogen and oxygen atoms in total. The number of aliphatic hydroxyl groups is 1. The van der Waals surface area contributed by atoms with Crippen molar-refractivity contribution in [3.8, 4) is 0 Å². The highest BCUT2D eigenvalue weighted by Crippen LogP contribution is 2.18. The Morgan fingerprint density at radius 3 is 2.63 bits per heavy atom. The molecule has 0 bridgehead atoms. The molecule has 0 aliphatic heterocycles. The third-order valence-corrected chi connectivity index (χ3v) is 2.99. The van der Waals surface area contributed by atoms with E-state index >= 15 is 0 Å². The Morgan fingerprint density at radius 2 is 2.11 bits per heavy atom. The van der Waals surface area contributed by atoms with Crippen molar-refractivity contribution in [2.75, 3.05) is 13.2 Å². The first-order chi connectivity index (χ1) is 8.85. The zero-order valence-corrected chi connectivity index (χ0v) is 11.2. The summed E-state index contributed by atoms with van der Waals surface area (Å²) in [5, 5.41) is 20.8. The molecule has 0 radical (unpaired) electrons. The summed E-state index contributed by atoms with van der Waals surface area (Å²) in [5.41, 5.74) is 0.348. The molecule has 1 aromatic carbocycles. The van der Waals surface area contributed by atoms with Gasteiger partial charge >= 0.3 is 5.97 Å². The predicted molar refractivity (Wildman–Crippen MR) is 70.5 cm³/mol. The highest BCUT2D eigenvalue weighted by atomic mass is 19.1. The fourth-order valence-corrected chi connectivity index (χ4v) is 1.78. The van der Waals surface area contributed by atoms with E-state index in [0.29, 0.717) is 25.1 Å². The van der Waals surface area contributed by atoms with Crippen LogP contribution in [0.5, 0.6) is 0 Å². The summed E-state index contributed by atoms with van der Waals surface area (Å²) in [6.45, 7) is 5.35. The van der Waals surface area contributed by atoms with Crippen LogP contribution in [-0.4, -0.2) is 29.3 Å². The quantitative estimate of drug-likeness (QED) is 0.708. The van der Waals surface area contributed by atoms with E-state index in [1.807, 2.05) is 13.8 Å². The van der Waals surface area contributed by atoms with Gasteiger partial charge in [0.25, 0.3) is 0 Å². The summed E-state index contributed by atoms with van der Waals surface area (Å²) in [6.07, 6.45) is 0.687. The summed E-state index contributed by atoms with van der Waals surface area (Å²) < 4.78 is 13.4. The molecule has 0 fully saturated rings. The van der Waals surface area contributed by atoms with Gasteiger partial charge in [0.05, 0.1) is 5.56 Å². The fraction of sp³-hybridized carbons (Fsp3) is 0.500. The van der Waals surface area contributed by atoms with Crippen LogP contribution in [0.4, 0.5) is 4.39 Å². The van der Waals surface area contributed by atoms with Gasteiger partial charge in [0.2, 0.25) is 0 Å². The number of rotatable bonds is 7. The number of aliphatic hydroxyl groups excluding tert-OH is 1. The Kier molecular flexibility index (Phi) is 5.44. The maximum Gasteiger partial charge on any atom is 0.338 e. The lowest BCUT2D eigenvalue weighted by atomic mass is 9.90. The molecule has 5 heteroatoms. The number of carboxylic acids is 1. The molecular formula is C14H20FNO3. The van der Waals surface area contributed by atoms with Crippen molar-refractivity contribution in [1.29, 1.82) is 0 Å². The number of carboxylic acid groups (broad SMARTS) is 1. The first kappa shape index (κ1) is 15.6.